The van der Waals surface area contributed by atoms with Crippen molar-refractivity contribution in [3.05, 3.63) is 29.8 Å². The third-order valence-corrected chi connectivity index (χ3v) is 6.34. The summed E-state index contributed by atoms with van der Waals surface area (Å²) in [6.45, 7) is 5.41. The quantitative estimate of drug-likeness (QED) is 0.567. The van der Waals surface area contributed by atoms with Gasteiger partial charge in [-0.3, -0.25) is 14.4 Å². The van der Waals surface area contributed by atoms with E-state index in [1.165, 1.54) is 23.1 Å². The maximum absolute atomic E-state index is 12.5. The summed E-state index contributed by atoms with van der Waals surface area (Å²) < 4.78 is 26.4. The van der Waals surface area contributed by atoms with Crippen LogP contribution in [-0.4, -0.2) is 42.6 Å². The van der Waals surface area contributed by atoms with Crippen LogP contribution in [0, 0.1) is 6.92 Å². The summed E-state index contributed by atoms with van der Waals surface area (Å²) in [5.41, 5.74) is 1.36. The number of aromatic nitrogens is 2. The van der Waals surface area contributed by atoms with E-state index in [-0.39, 0.29) is 0 Å². The molecule has 0 radical (unpaired) electrons. The summed E-state index contributed by atoms with van der Waals surface area (Å²) in [7, 11) is -3.64. The van der Waals surface area contributed by atoms with Crippen LogP contribution < -0.4 is 9.62 Å². The molecule has 2 aromatic rings. The fraction of sp³-hybridized carbons (Fsp3) is 0.400. The maximum Gasteiger partial charge on any atom is 0.249 e. The van der Waals surface area contributed by atoms with Crippen LogP contribution in [0.3, 0.4) is 0 Å². The van der Waals surface area contributed by atoms with Crippen molar-refractivity contribution in [3.8, 4) is 0 Å². The van der Waals surface area contributed by atoms with Gasteiger partial charge in [-0.2, -0.15) is 0 Å². The predicted octanol–water partition coefficient (Wildman–Crippen LogP) is 2.75. The van der Waals surface area contributed by atoms with Crippen molar-refractivity contribution in [2.75, 3.05) is 21.6 Å². The van der Waals surface area contributed by atoms with Crippen LogP contribution in [0.15, 0.2) is 28.6 Å². The van der Waals surface area contributed by atoms with Crippen LogP contribution in [0.1, 0.15) is 19.4 Å². The number of carbonyl (C=O) groups excluding carboxylic acids is 1. The van der Waals surface area contributed by atoms with E-state index in [2.05, 4.69) is 15.5 Å². The molecule has 10 heteroatoms. The number of nitrogens with one attached hydrogen (secondary N) is 1. The van der Waals surface area contributed by atoms with Gasteiger partial charge >= 0.3 is 0 Å². The molecular weight excluding hydrogens is 380 g/mol. The molecule has 1 aromatic carbocycles. The maximum atomic E-state index is 12.5. The van der Waals surface area contributed by atoms with Gasteiger partial charge in [0.25, 0.3) is 0 Å². The summed E-state index contributed by atoms with van der Waals surface area (Å²) in [5.74, 6) is 0.393. The Labute approximate surface area is 155 Å². The average Bonchev–Trinajstić information content (AvgIpc) is 2.93. The molecule has 0 bridgehead atoms. The van der Waals surface area contributed by atoms with E-state index >= 15 is 0 Å². The molecule has 0 spiro atoms. The van der Waals surface area contributed by atoms with Crippen molar-refractivity contribution >= 4 is 49.8 Å². The van der Waals surface area contributed by atoms with Crippen molar-refractivity contribution in [1.82, 2.24) is 10.2 Å². The second-order valence-corrected chi connectivity index (χ2v) is 9.72. The fourth-order valence-electron chi connectivity index (χ4n) is 2.23. The van der Waals surface area contributed by atoms with E-state index in [9.17, 15) is 13.2 Å². The number of aryl methyl sites for hydroxylation is 1. The Bertz CT molecular complexity index is 851. The largest absolute Gasteiger partial charge is 0.299 e. The van der Waals surface area contributed by atoms with E-state index in [1.807, 2.05) is 19.9 Å². The first-order valence-electron chi connectivity index (χ1n) is 7.55. The van der Waals surface area contributed by atoms with Gasteiger partial charge < -0.3 is 0 Å². The molecule has 0 aliphatic heterocycles. The molecule has 0 saturated carbocycles. The summed E-state index contributed by atoms with van der Waals surface area (Å²) in [6, 6.07) is 6.09. The topological polar surface area (TPSA) is 92.3 Å². The number of anilines is 2. The lowest BCUT2D eigenvalue weighted by Crippen LogP contribution is -2.45. The molecule has 0 aliphatic carbocycles. The van der Waals surface area contributed by atoms with Crippen molar-refractivity contribution in [2.24, 2.45) is 0 Å². The molecule has 0 unspecified atom stereocenters. The number of thioether (sulfide) groups is 1. The Morgan fingerprint density at radius 2 is 2.12 bits per heavy atom. The van der Waals surface area contributed by atoms with Crippen LogP contribution in [0.4, 0.5) is 10.8 Å². The van der Waals surface area contributed by atoms with Gasteiger partial charge in [0.05, 0.1) is 11.9 Å². The normalized spacial score (nSPS) is 12.6. The summed E-state index contributed by atoms with van der Waals surface area (Å²) in [6.07, 6.45) is 1.08. The Kier molecular flexibility index (Phi) is 6.42. The number of benzene rings is 1. The Balaban J connectivity index is 2.23. The molecule has 25 heavy (non-hydrogen) atoms. The van der Waals surface area contributed by atoms with E-state index in [0.717, 1.165) is 26.2 Å². The highest BCUT2D eigenvalue weighted by Crippen LogP contribution is 2.26. The molecule has 7 nitrogen and oxygen atoms in total. The lowest BCUT2D eigenvalue weighted by Gasteiger charge is -2.28. The van der Waals surface area contributed by atoms with Gasteiger partial charge in [0.1, 0.15) is 6.04 Å². The number of nitrogens with zero attached hydrogens (tertiary/aromatic N) is 3. The van der Waals surface area contributed by atoms with Gasteiger partial charge in [-0.1, -0.05) is 42.2 Å². The van der Waals surface area contributed by atoms with Crippen LogP contribution >= 0.6 is 23.1 Å². The molecule has 1 heterocycles. The smallest absolute Gasteiger partial charge is 0.249 e. The molecule has 0 saturated heterocycles. The zero-order valence-electron chi connectivity index (χ0n) is 14.4. The SMILES string of the molecule is CCSc1nnc(NC(=O)[C@@H](C)N(c2cccc(C)c2)S(C)(=O)=O)s1. The Morgan fingerprint density at radius 3 is 2.72 bits per heavy atom. The van der Waals surface area contributed by atoms with E-state index in [1.54, 1.807) is 25.1 Å². The number of hydrogen-bond acceptors (Lipinski definition) is 7. The fourth-order valence-corrected chi connectivity index (χ4v) is 5.04. The Hall–Kier alpha value is -1.65. The van der Waals surface area contributed by atoms with Gasteiger partial charge in [0, 0.05) is 0 Å². The Morgan fingerprint density at radius 1 is 1.40 bits per heavy atom. The van der Waals surface area contributed by atoms with Gasteiger partial charge in [-0.25, -0.2) is 8.42 Å². The van der Waals surface area contributed by atoms with Crippen molar-refractivity contribution in [2.45, 2.75) is 31.2 Å². The van der Waals surface area contributed by atoms with Crippen molar-refractivity contribution in [3.63, 3.8) is 0 Å². The third kappa shape index (κ3) is 5.16. The molecule has 0 fully saturated rings. The summed E-state index contributed by atoms with van der Waals surface area (Å²) in [4.78, 5) is 12.5. The minimum atomic E-state index is -3.64. The van der Waals surface area contributed by atoms with Crippen LogP contribution in [-0.2, 0) is 14.8 Å². The monoisotopic (exact) mass is 400 g/mol. The van der Waals surface area contributed by atoms with Crippen LogP contribution in [0.5, 0.6) is 0 Å². The molecule has 1 amide bonds. The zero-order valence-corrected chi connectivity index (χ0v) is 16.8. The molecule has 2 rings (SSSR count). The zero-order chi connectivity index (χ0) is 18.6. The number of amides is 1. The van der Waals surface area contributed by atoms with E-state index in [0.29, 0.717) is 10.8 Å². The van der Waals surface area contributed by atoms with E-state index in [4.69, 9.17) is 0 Å². The standard InChI is InChI=1S/C15H20N4O3S3/c1-5-23-15-18-17-14(24-15)16-13(20)11(3)19(25(4,21)22)12-8-6-7-10(2)9-12/h6-9,11H,5H2,1-4H3,(H,16,17,20)/t11-/m1/s1. The lowest BCUT2D eigenvalue weighted by molar-refractivity contribution is -0.116. The van der Waals surface area contributed by atoms with Crippen molar-refractivity contribution < 1.29 is 13.2 Å². The van der Waals surface area contributed by atoms with E-state index < -0.39 is 22.0 Å². The molecule has 1 aromatic heterocycles. The molecule has 0 aliphatic rings. The molecule has 1 atom stereocenters. The first kappa shape index (κ1) is 19.7. The highest BCUT2D eigenvalue weighted by Gasteiger charge is 2.29. The predicted molar refractivity (Wildman–Crippen MR) is 103 cm³/mol. The molecule has 1 N–H and O–H groups in total. The minimum absolute atomic E-state index is 0.352. The number of hydrogen-bond donors (Lipinski definition) is 1. The number of carbonyl (C=O) groups is 1. The lowest BCUT2D eigenvalue weighted by atomic mass is 10.2. The van der Waals surface area contributed by atoms with Gasteiger partial charge in [-0.05, 0) is 37.3 Å². The highest BCUT2D eigenvalue weighted by molar-refractivity contribution is 8.01. The van der Waals surface area contributed by atoms with Gasteiger partial charge in [0.2, 0.25) is 21.1 Å². The third-order valence-electron chi connectivity index (χ3n) is 3.25. The summed E-state index contributed by atoms with van der Waals surface area (Å²) in [5, 5.41) is 10.9. The van der Waals surface area contributed by atoms with Gasteiger partial charge in [-0.15, -0.1) is 10.2 Å². The highest BCUT2D eigenvalue weighted by atomic mass is 32.2. The van der Waals surface area contributed by atoms with Crippen molar-refractivity contribution in [1.29, 1.82) is 0 Å². The minimum Gasteiger partial charge on any atom is -0.299 e. The average molecular weight is 401 g/mol. The number of rotatable bonds is 7. The molecular formula is C15H20N4O3S3. The van der Waals surface area contributed by atoms with Gasteiger partial charge in [0.15, 0.2) is 4.34 Å². The molecule has 136 valence electrons. The second kappa shape index (κ2) is 8.15. The van der Waals surface area contributed by atoms with Crippen LogP contribution in [0.25, 0.3) is 0 Å². The summed E-state index contributed by atoms with van der Waals surface area (Å²) >= 11 is 2.79. The second-order valence-electron chi connectivity index (χ2n) is 5.37. The number of sulfonamides is 1. The first-order chi connectivity index (χ1) is 11.7. The van der Waals surface area contributed by atoms with Crippen LogP contribution in [0.2, 0.25) is 0 Å². The first-order valence-corrected chi connectivity index (χ1v) is 11.2.